The Hall–Kier alpha value is -1.60. The minimum Gasteiger partial charge on any atom is -0.478 e. The van der Waals surface area contributed by atoms with Crippen molar-refractivity contribution in [3.05, 3.63) is 23.8 Å². The van der Waals surface area contributed by atoms with E-state index in [0.29, 0.717) is 5.69 Å². The normalized spacial score (nSPS) is 16.1. The van der Waals surface area contributed by atoms with Crippen LogP contribution in [-0.2, 0) is 10.0 Å². The highest BCUT2D eigenvalue weighted by Crippen LogP contribution is 2.26. The first-order valence-corrected chi connectivity index (χ1v) is 7.09. The number of nitrogens with one attached hydrogen (secondary N) is 1. The molecule has 1 saturated carbocycles. The first-order chi connectivity index (χ1) is 8.38. The van der Waals surface area contributed by atoms with E-state index in [0.717, 1.165) is 25.3 Å². The van der Waals surface area contributed by atoms with Crippen LogP contribution in [0.4, 0.5) is 5.69 Å². The minimum atomic E-state index is -3.89. The van der Waals surface area contributed by atoms with Crippen LogP contribution < -0.4 is 10.5 Å². The van der Waals surface area contributed by atoms with Gasteiger partial charge < -0.3 is 10.4 Å². The third-order valence-corrected chi connectivity index (χ3v) is 3.93. The van der Waals surface area contributed by atoms with E-state index in [9.17, 15) is 13.2 Å². The van der Waals surface area contributed by atoms with Gasteiger partial charge in [-0.1, -0.05) is 0 Å². The molecular weight excluding hydrogens is 256 g/mol. The number of rotatable bonds is 4. The third kappa shape index (κ3) is 2.62. The van der Waals surface area contributed by atoms with Crippen LogP contribution in [0.1, 0.15) is 29.6 Å². The average molecular weight is 270 g/mol. The predicted octanol–water partition coefficient (Wildman–Crippen LogP) is 0.997. The van der Waals surface area contributed by atoms with Gasteiger partial charge in [0.05, 0.1) is 10.5 Å². The molecule has 0 atom stereocenters. The lowest BCUT2D eigenvalue weighted by molar-refractivity contribution is 0.0697. The Bertz CT molecular complexity index is 579. The van der Waals surface area contributed by atoms with Crippen molar-refractivity contribution in [1.29, 1.82) is 0 Å². The van der Waals surface area contributed by atoms with Gasteiger partial charge in [0.1, 0.15) is 0 Å². The van der Waals surface area contributed by atoms with Crippen molar-refractivity contribution in [1.82, 2.24) is 0 Å². The van der Waals surface area contributed by atoms with Gasteiger partial charge in [0.15, 0.2) is 0 Å². The predicted molar refractivity (Wildman–Crippen MR) is 66.0 cm³/mol. The summed E-state index contributed by atoms with van der Waals surface area (Å²) >= 11 is 0. The maximum atomic E-state index is 11.2. The van der Waals surface area contributed by atoms with Gasteiger partial charge in [0, 0.05) is 11.7 Å². The van der Waals surface area contributed by atoms with Crippen molar-refractivity contribution >= 4 is 21.7 Å². The minimum absolute atomic E-state index is 0.0755. The number of aromatic carboxylic acids is 1. The molecule has 18 heavy (non-hydrogen) atoms. The maximum Gasteiger partial charge on any atom is 0.337 e. The average Bonchev–Trinajstić information content (AvgIpc) is 2.21. The fourth-order valence-electron chi connectivity index (χ4n) is 1.78. The number of anilines is 1. The Morgan fingerprint density at radius 3 is 2.50 bits per heavy atom. The van der Waals surface area contributed by atoms with Gasteiger partial charge in [-0.3, -0.25) is 0 Å². The zero-order valence-electron chi connectivity index (χ0n) is 9.59. The maximum absolute atomic E-state index is 11.2. The van der Waals surface area contributed by atoms with Gasteiger partial charge in [-0.2, -0.15) is 0 Å². The summed E-state index contributed by atoms with van der Waals surface area (Å²) in [6.07, 6.45) is 3.11. The number of sulfonamides is 1. The highest BCUT2D eigenvalue weighted by Gasteiger charge is 2.21. The van der Waals surface area contributed by atoms with Crippen molar-refractivity contribution in [2.45, 2.75) is 30.2 Å². The fourth-order valence-corrected chi connectivity index (χ4v) is 2.32. The number of primary sulfonamides is 1. The molecule has 1 aliphatic rings. The number of hydrogen-bond donors (Lipinski definition) is 3. The summed E-state index contributed by atoms with van der Waals surface area (Å²) in [4.78, 5) is 10.9. The van der Waals surface area contributed by atoms with E-state index in [1.165, 1.54) is 12.1 Å². The topological polar surface area (TPSA) is 109 Å². The lowest BCUT2D eigenvalue weighted by atomic mass is 9.92. The second-order valence-electron chi connectivity index (χ2n) is 4.33. The summed E-state index contributed by atoms with van der Waals surface area (Å²) in [5.74, 6) is -1.18. The molecule has 0 aromatic heterocycles. The molecule has 0 spiro atoms. The SMILES string of the molecule is NS(=O)(=O)c1ccc(NC2CCC2)c(C(=O)O)c1. The molecule has 0 heterocycles. The smallest absolute Gasteiger partial charge is 0.337 e. The van der Waals surface area contributed by atoms with Crippen molar-refractivity contribution in [3.63, 3.8) is 0 Å². The Morgan fingerprint density at radius 2 is 2.06 bits per heavy atom. The second kappa shape index (κ2) is 4.58. The molecule has 1 aromatic rings. The van der Waals surface area contributed by atoms with E-state index >= 15 is 0 Å². The molecular formula is C11H14N2O4S. The first-order valence-electron chi connectivity index (χ1n) is 5.54. The summed E-state index contributed by atoms with van der Waals surface area (Å²) in [5.41, 5.74) is 0.355. The van der Waals surface area contributed by atoms with Crippen LogP contribution in [0.15, 0.2) is 23.1 Å². The van der Waals surface area contributed by atoms with Crippen LogP contribution in [0, 0.1) is 0 Å². The third-order valence-electron chi connectivity index (χ3n) is 3.01. The molecule has 98 valence electrons. The van der Waals surface area contributed by atoms with Gasteiger partial charge in [-0.05, 0) is 37.5 Å². The number of carbonyl (C=O) groups is 1. The Balaban J connectivity index is 2.37. The molecule has 6 nitrogen and oxygen atoms in total. The summed E-state index contributed by atoms with van der Waals surface area (Å²) in [7, 11) is -3.89. The van der Waals surface area contributed by atoms with Crippen molar-refractivity contribution in [3.8, 4) is 0 Å². The molecule has 1 aromatic carbocycles. The summed E-state index contributed by atoms with van der Waals surface area (Å²) in [5, 5.41) is 17.1. The van der Waals surface area contributed by atoms with Gasteiger partial charge in [-0.15, -0.1) is 0 Å². The highest BCUT2D eigenvalue weighted by atomic mass is 32.2. The summed E-state index contributed by atoms with van der Waals surface area (Å²) < 4.78 is 22.3. The molecule has 0 radical (unpaired) electrons. The van der Waals surface area contributed by atoms with Crippen LogP contribution in [-0.4, -0.2) is 25.5 Å². The number of carboxylic acids is 1. The largest absolute Gasteiger partial charge is 0.478 e. The summed E-state index contributed by atoms with van der Waals surface area (Å²) in [6, 6.07) is 4.10. The van der Waals surface area contributed by atoms with E-state index in [2.05, 4.69) is 5.32 Å². The Labute approximate surface area is 105 Å². The zero-order valence-corrected chi connectivity index (χ0v) is 10.4. The molecule has 0 aliphatic heterocycles. The van der Waals surface area contributed by atoms with Crippen molar-refractivity contribution in [2.24, 2.45) is 5.14 Å². The van der Waals surface area contributed by atoms with E-state index < -0.39 is 16.0 Å². The van der Waals surface area contributed by atoms with Crippen LogP contribution in [0.3, 0.4) is 0 Å². The van der Waals surface area contributed by atoms with Gasteiger partial charge in [0.2, 0.25) is 10.0 Å². The number of benzene rings is 1. The Kier molecular flexibility index (Phi) is 3.27. The fraction of sp³-hybridized carbons (Fsp3) is 0.364. The molecule has 4 N–H and O–H groups in total. The van der Waals surface area contributed by atoms with Gasteiger partial charge in [-0.25, -0.2) is 18.4 Å². The lowest BCUT2D eigenvalue weighted by Crippen LogP contribution is -2.28. The number of nitrogens with two attached hydrogens (primary N) is 1. The molecule has 0 bridgehead atoms. The van der Waals surface area contributed by atoms with Crippen LogP contribution in [0.2, 0.25) is 0 Å². The summed E-state index contributed by atoms with van der Waals surface area (Å²) in [6.45, 7) is 0. The quantitative estimate of drug-likeness (QED) is 0.756. The molecule has 0 amide bonds. The van der Waals surface area contributed by atoms with E-state index in [1.54, 1.807) is 0 Å². The van der Waals surface area contributed by atoms with Crippen LogP contribution >= 0.6 is 0 Å². The second-order valence-corrected chi connectivity index (χ2v) is 5.89. The number of carboxylic acid groups (broad SMARTS) is 1. The van der Waals surface area contributed by atoms with Gasteiger partial charge in [0.25, 0.3) is 0 Å². The molecule has 1 fully saturated rings. The standard InChI is InChI=1S/C11H14N2O4S/c12-18(16,17)8-4-5-10(9(6-8)11(14)15)13-7-2-1-3-7/h4-7,13H,1-3H2,(H,14,15)(H2,12,16,17). The Morgan fingerprint density at radius 1 is 1.39 bits per heavy atom. The highest BCUT2D eigenvalue weighted by molar-refractivity contribution is 7.89. The first kappa shape index (κ1) is 12.8. The molecule has 0 unspecified atom stereocenters. The monoisotopic (exact) mass is 270 g/mol. The molecule has 0 saturated heterocycles. The van der Waals surface area contributed by atoms with E-state index in [1.807, 2.05) is 0 Å². The van der Waals surface area contributed by atoms with Gasteiger partial charge >= 0.3 is 5.97 Å². The molecule has 7 heteroatoms. The number of hydrogen-bond acceptors (Lipinski definition) is 4. The van der Waals surface area contributed by atoms with Crippen LogP contribution in [0.25, 0.3) is 0 Å². The van der Waals surface area contributed by atoms with E-state index in [4.69, 9.17) is 10.2 Å². The molecule has 2 rings (SSSR count). The van der Waals surface area contributed by atoms with Crippen molar-refractivity contribution < 1.29 is 18.3 Å². The van der Waals surface area contributed by atoms with E-state index in [-0.39, 0.29) is 16.5 Å². The zero-order chi connectivity index (χ0) is 13.3. The van der Waals surface area contributed by atoms with Crippen molar-refractivity contribution in [2.75, 3.05) is 5.32 Å². The lowest BCUT2D eigenvalue weighted by Gasteiger charge is -2.28. The molecule has 1 aliphatic carbocycles. The van der Waals surface area contributed by atoms with Crippen LogP contribution in [0.5, 0.6) is 0 Å².